The summed E-state index contributed by atoms with van der Waals surface area (Å²) in [7, 11) is 0. The Bertz CT molecular complexity index is 329. The molecule has 1 rings (SSSR count). The minimum absolute atomic E-state index is 0.198. The normalized spacial score (nSPS) is 14.3. The molecule has 22 heavy (non-hydrogen) atoms. The predicted molar refractivity (Wildman–Crippen MR) is 92.4 cm³/mol. The molecule has 0 bridgehead atoms. The van der Waals surface area contributed by atoms with Gasteiger partial charge in [-0.25, -0.2) is 0 Å². The molecule has 0 unspecified atom stereocenters. The summed E-state index contributed by atoms with van der Waals surface area (Å²) in [6.07, 6.45) is 13.3. The number of amidine groups is 1. The molecule has 0 aromatic heterocycles. The van der Waals surface area contributed by atoms with E-state index in [4.69, 9.17) is 4.74 Å². The zero-order chi connectivity index (χ0) is 16.0. The lowest BCUT2D eigenvalue weighted by Gasteiger charge is -2.20. The van der Waals surface area contributed by atoms with E-state index in [0.717, 1.165) is 26.1 Å². The van der Waals surface area contributed by atoms with E-state index in [-0.39, 0.29) is 5.97 Å². The van der Waals surface area contributed by atoms with Crippen molar-refractivity contribution in [2.45, 2.75) is 78.1 Å². The molecule has 0 saturated heterocycles. The van der Waals surface area contributed by atoms with Crippen molar-refractivity contribution < 1.29 is 9.53 Å². The highest BCUT2D eigenvalue weighted by Gasteiger charge is 2.16. The van der Waals surface area contributed by atoms with E-state index < -0.39 is 0 Å². The summed E-state index contributed by atoms with van der Waals surface area (Å²) in [5.41, 5.74) is 0. The van der Waals surface area contributed by atoms with Crippen molar-refractivity contribution in [3.63, 3.8) is 0 Å². The molecule has 0 fully saturated rings. The lowest BCUT2D eigenvalue weighted by molar-refractivity contribution is -0.141. The number of carbonyl (C=O) groups is 1. The minimum Gasteiger partial charge on any atom is -0.464 e. The maximum absolute atomic E-state index is 10.8. The Kier molecular flexibility index (Phi) is 10.8. The summed E-state index contributed by atoms with van der Waals surface area (Å²) in [5, 5.41) is 0. The van der Waals surface area contributed by atoms with Crippen molar-refractivity contribution in [2.24, 2.45) is 4.99 Å². The van der Waals surface area contributed by atoms with E-state index in [9.17, 15) is 4.79 Å². The molecule has 1 heterocycles. The number of esters is 1. The van der Waals surface area contributed by atoms with Crippen molar-refractivity contribution >= 4 is 11.8 Å². The number of aliphatic imine (C=N–C) groups is 1. The van der Waals surface area contributed by atoms with Crippen molar-refractivity contribution in [1.82, 2.24) is 4.90 Å². The molecule has 0 aromatic rings. The summed E-state index contributed by atoms with van der Waals surface area (Å²) < 4.78 is 5.01. The Morgan fingerprint density at radius 1 is 1.09 bits per heavy atom. The highest BCUT2D eigenvalue weighted by Crippen LogP contribution is 2.13. The number of ether oxygens (including phenoxy) is 1. The van der Waals surface area contributed by atoms with Crippen LogP contribution in [-0.4, -0.2) is 42.9 Å². The fraction of sp³-hybridized carbons (Fsp3) is 0.889. The van der Waals surface area contributed by atoms with Gasteiger partial charge < -0.3 is 9.64 Å². The third kappa shape index (κ3) is 9.06. The van der Waals surface area contributed by atoms with Gasteiger partial charge in [0.2, 0.25) is 0 Å². The number of nitrogens with zero attached hydrogens (tertiary/aromatic N) is 2. The topological polar surface area (TPSA) is 41.9 Å². The van der Waals surface area contributed by atoms with E-state index in [0.29, 0.717) is 6.61 Å². The molecule has 1 aliphatic heterocycles. The van der Waals surface area contributed by atoms with Crippen LogP contribution in [0.1, 0.15) is 78.1 Å². The highest BCUT2D eigenvalue weighted by molar-refractivity contribution is 5.83. The summed E-state index contributed by atoms with van der Waals surface area (Å²) >= 11 is 0. The van der Waals surface area contributed by atoms with Crippen molar-refractivity contribution in [2.75, 3.05) is 26.2 Å². The summed E-state index contributed by atoms with van der Waals surface area (Å²) in [5.74, 6) is 1.02. The molecule has 0 N–H and O–H groups in total. The van der Waals surface area contributed by atoms with Gasteiger partial charge in [0.15, 0.2) is 0 Å². The van der Waals surface area contributed by atoms with Gasteiger partial charge >= 0.3 is 5.97 Å². The van der Waals surface area contributed by atoms with Gasteiger partial charge in [-0.2, -0.15) is 0 Å². The molecule has 4 nitrogen and oxygen atoms in total. The molecule has 0 saturated carbocycles. The van der Waals surface area contributed by atoms with Crippen LogP contribution in [0.5, 0.6) is 0 Å². The monoisotopic (exact) mass is 310 g/mol. The SMILES string of the molecule is CCCCCCCCCCCC1=NCCN1CCOC(C)=O. The van der Waals surface area contributed by atoms with Crippen LogP contribution in [0.25, 0.3) is 0 Å². The van der Waals surface area contributed by atoms with E-state index in [2.05, 4.69) is 16.8 Å². The number of hydrogen-bond donors (Lipinski definition) is 0. The molecule has 0 amide bonds. The second-order valence-electron chi connectivity index (χ2n) is 6.20. The van der Waals surface area contributed by atoms with Gasteiger partial charge in [-0.3, -0.25) is 9.79 Å². The van der Waals surface area contributed by atoms with Gasteiger partial charge in [-0.1, -0.05) is 58.3 Å². The van der Waals surface area contributed by atoms with Crippen LogP contribution in [0.15, 0.2) is 4.99 Å². The fourth-order valence-corrected chi connectivity index (χ4v) is 2.90. The highest BCUT2D eigenvalue weighted by atomic mass is 16.5. The molecule has 1 aliphatic rings. The van der Waals surface area contributed by atoms with Crippen molar-refractivity contribution in [1.29, 1.82) is 0 Å². The summed E-state index contributed by atoms with van der Waals surface area (Å²) in [6.45, 7) is 6.87. The lowest BCUT2D eigenvalue weighted by Crippen LogP contribution is -2.31. The lowest BCUT2D eigenvalue weighted by atomic mass is 10.1. The summed E-state index contributed by atoms with van der Waals surface area (Å²) in [6, 6.07) is 0. The molecule has 128 valence electrons. The van der Waals surface area contributed by atoms with Gasteiger partial charge in [0.05, 0.1) is 18.9 Å². The van der Waals surface area contributed by atoms with E-state index in [1.807, 2.05) is 0 Å². The quantitative estimate of drug-likeness (QED) is 0.378. The van der Waals surface area contributed by atoms with Gasteiger partial charge in [-0.05, 0) is 6.42 Å². The Labute approximate surface area is 136 Å². The molecule has 4 heteroatoms. The number of unbranched alkanes of at least 4 members (excludes halogenated alkanes) is 8. The van der Waals surface area contributed by atoms with E-state index >= 15 is 0 Å². The predicted octanol–water partition coefficient (Wildman–Crippen LogP) is 4.18. The molecule has 0 atom stereocenters. The molecule has 0 aliphatic carbocycles. The van der Waals surface area contributed by atoms with E-state index in [1.54, 1.807) is 0 Å². The van der Waals surface area contributed by atoms with Gasteiger partial charge in [-0.15, -0.1) is 0 Å². The minimum atomic E-state index is -0.198. The van der Waals surface area contributed by atoms with Gasteiger partial charge in [0.25, 0.3) is 0 Å². The third-order valence-corrected chi connectivity index (χ3v) is 4.20. The van der Waals surface area contributed by atoms with E-state index in [1.165, 1.54) is 70.5 Å². The first-order chi connectivity index (χ1) is 10.7. The number of carbonyl (C=O) groups excluding carboxylic acids is 1. The van der Waals surface area contributed by atoms with Crippen LogP contribution in [0.2, 0.25) is 0 Å². The molecular weight excluding hydrogens is 276 g/mol. The first kappa shape index (κ1) is 19.0. The molecular formula is C18H34N2O2. The molecule has 0 radical (unpaired) electrons. The Morgan fingerprint density at radius 2 is 1.73 bits per heavy atom. The molecule has 0 aromatic carbocycles. The van der Waals surface area contributed by atoms with Gasteiger partial charge in [0.1, 0.15) is 6.61 Å². The Balaban J connectivity index is 1.98. The first-order valence-electron chi connectivity index (χ1n) is 9.15. The summed E-state index contributed by atoms with van der Waals surface area (Å²) in [4.78, 5) is 17.6. The average Bonchev–Trinajstić information content (AvgIpc) is 2.93. The maximum Gasteiger partial charge on any atom is 0.302 e. The number of rotatable bonds is 13. The standard InChI is InChI=1S/C18H34N2O2/c1-3-4-5-6-7-8-9-10-11-12-18-19-13-14-20(18)15-16-22-17(2)21/h3-16H2,1-2H3. The van der Waals surface area contributed by atoms with Crippen LogP contribution in [0.3, 0.4) is 0 Å². The fourth-order valence-electron chi connectivity index (χ4n) is 2.90. The maximum atomic E-state index is 10.8. The van der Waals surface area contributed by atoms with Crippen LogP contribution in [0.4, 0.5) is 0 Å². The van der Waals surface area contributed by atoms with Crippen molar-refractivity contribution in [3.05, 3.63) is 0 Å². The average molecular weight is 310 g/mol. The zero-order valence-electron chi connectivity index (χ0n) is 14.6. The zero-order valence-corrected chi connectivity index (χ0v) is 14.6. The Hall–Kier alpha value is -1.06. The third-order valence-electron chi connectivity index (χ3n) is 4.20. The van der Waals surface area contributed by atoms with Crippen LogP contribution >= 0.6 is 0 Å². The van der Waals surface area contributed by atoms with Crippen LogP contribution in [0, 0.1) is 0 Å². The Morgan fingerprint density at radius 3 is 2.36 bits per heavy atom. The van der Waals surface area contributed by atoms with Gasteiger partial charge in [0, 0.05) is 19.9 Å². The van der Waals surface area contributed by atoms with Crippen molar-refractivity contribution in [3.8, 4) is 0 Å². The first-order valence-corrected chi connectivity index (χ1v) is 9.15. The molecule has 0 spiro atoms. The van der Waals surface area contributed by atoms with Crippen LogP contribution in [-0.2, 0) is 9.53 Å². The largest absolute Gasteiger partial charge is 0.464 e. The second-order valence-corrected chi connectivity index (χ2v) is 6.20. The smallest absolute Gasteiger partial charge is 0.302 e. The second kappa shape index (κ2) is 12.5. The van der Waals surface area contributed by atoms with Crippen LogP contribution < -0.4 is 0 Å². The number of hydrogen-bond acceptors (Lipinski definition) is 4.